The SMILES string of the molecule is CCC(C)CCCCCCCCCCCCCCCCCCCCC(=O)OC[C@H](COP(=O)(O)OCC(O)COP(=O)(O)OC[C@@H](COC(=O)CCCCCCCCCC(C)C)OC(=O)CCCCCCCCCCCC(C)C)OC(=O)CCCCCCCCCCCCC(C)CC. The first-order valence-corrected chi connectivity index (χ1v) is 43.8. The fourth-order valence-electron chi connectivity index (χ4n) is 12.0. The molecule has 0 fully saturated rings. The van der Waals surface area contributed by atoms with Crippen LogP contribution in [0.15, 0.2) is 0 Å². The van der Waals surface area contributed by atoms with Gasteiger partial charge in [-0.15, -0.1) is 0 Å². The first-order valence-electron chi connectivity index (χ1n) is 40.8. The summed E-state index contributed by atoms with van der Waals surface area (Å²) in [6.45, 7) is 14.2. The van der Waals surface area contributed by atoms with E-state index in [-0.39, 0.29) is 25.7 Å². The number of hydrogen-bond acceptors (Lipinski definition) is 15. The van der Waals surface area contributed by atoms with E-state index in [1.165, 1.54) is 199 Å². The molecule has 0 saturated carbocycles. The van der Waals surface area contributed by atoms with E-state index in [0.29, 0.717) is 31.6 Å². The standard InChI is InChI=1S/C79H154O17P2/c1-9-71(7)57-49-41-33-25-19-17-15-13-11-12-14-16-18-20-27-35-43-51-59-76(81)89-65-74(95-78(83)61-53-45-36-28-22-21-26-34-42-50-58-72(8)10-2)67-93-97(85,86)91-63-73(80)64-92-98(87,88)94-68-75(66-90-77(82)60-52-44-38-30-32-40-48-56-70(5)6)96-79(84)62-54-46-37-29-23-24-31-39-47-55-69(3)4/h69-75,80H,9-68H2,1-8H3,(H,85,86)(H,87,88)/t71?,72?,73?,74-,75-/m1/s1. The minimum absolute atomic E-state index is 0.104. The van der Waals surface area contributed by atoms with Gasteiger partial charge in [0.15, 0.2) is 12.2 Å². The second-order valence-corrected chi connectivity index (χ2v) is 32.8. The fourth-order valence-corrected chi connectivity index (χ4v) is 13.6. The molecule has 0 radical (unpaired) electrons. The molecule has 0 aliphatic heterocycles. The maximum Gasteiger partial charge on any atom is 0.472 e. The molecule has 0 bridgehead atoms. The Hall–Kier alpha value is -1.94. The number of carbonyl (C=O) groups excluding carboxylic acids is 4. The molecule has 5 unspecified atom stereocenters. The van der Waals surface area contributed by atoms with Gasteiger partial charge in [0.2, 0.25) is 0 Å². The van der Waals surface area contributed by atoms with Crippen LogP contribution >= 0.6 is 15.6 Å². The van der Waals surface area contributed by atoms with Gasteiger partial charge in [-0.2, -0.15) is 0 Å². The Balaban J connectivity index is 5.19. The number of esters is 4. The molecule has 0 aromatic rings. The summed E-state index contributed by atoms with van der Waals surface area (Å²) < 4.78 is 68.6. The lowest BCUT2D eigenvalue weighted by molar-refractivity contribution is -0.161. The van der Waals surface area contributed by atoms with E-state index in [1.54, 1.807) is 0 Å². The molecular weight excluding hydrogens is 1280 g/mol. The minimum Gasteiger partial charge on any atom is -0.462 e. The summed E-state index contributed by atoms with van der Waals surface area (Å²) in [5, 5.41) is 10.6. The third-order valence-electron chi connectivity index (χ3n) is 19.0. The molecule has 0 saturated heterocycles. The maximum atomic E-state index is 13.1. The lowest BCUT2D eigenvalue weighted by atomic mass is 9.99. The third-order valence-corrected chi connectivity index (χ3v) is 20.9. The Morgan fingerprint density at radius 1 is 0.286 bits per heavy atom. The van der Waals surface area contributed by atoms with Gasteiger partial charge in [0.05, 0.1) is 26.4 Å². The van der Waals surface area contributed by atoms with Crippen LogP contribution in [0.4, 0.5) is 0 Å². The van der Waals surface area contributed by atoms with Gasteiger partial charge in [-0.05, 0) is 49.4 Å². The van der Waals surface area contributed by atoms with Crippen molar-refractivity contribution in [1.29, 1.82) is 0 Å². The van der Waals surface area contributed by atoms with Crippen molar-refractivity contribution < 1.29 is 80.2 Å². The van der Waals surface area contributed by atoms with E-state index < -0.39 is 97.5 Å². The number of phosphoric acid groups is 2. The summed E-state index contributed by atoms with van der Waals surface area (Å²) in [4.78, 5) is 72.9. The van der Waals surface area contributed by atoms with Crippen molar-refractivity contribution in [3.8, 4) is 0 Å². The summed E-state index contributed by atoms with van der Waals surface area (Å²) in [7, 11) is -9.92. The van der Waals surface area contributed by atoms with E-state index in [4.69, 9.17) is 37.0 Å². The van der Waals surface area contributed by atoms with Crippen LogP contribution in [0.3, 0.4) is 0 Å². The van der Waals surface area contributed by atoms with Gasteiger partial charge in [-0.3, -0.25) is 37.3 Å². The van der Waals surface area contributed by atoms with Crippen LogP contribution in [0.1, 0.15) is 402 Å². The lowest BCUT2D eigenvalue weighted by Gasteiger charge is -2.21. The zero-order valence-corrected chi connectivity index (χ0v) is 66.2. The number of aliphatic hydroxyl groups excluding tert-OH is 1. The Kier molecular flexibility index (Phi) is 66.8. The van der Waals surface area contributed by atoms with Gasteiger partial charge in [0, 0.05) is 25.7 Å². The van der Waals surface area contributed by atoms with Crippen LogP contribution in [-0.2, 0) is 65.4 Å². The highest BCUT2D eigenvalue weighted by molar-refractivity contribution is 7.47. The highest BCUT2D eigenvalue weighted by Gasteiger charge is 2.30. The number of ether oxygens (including phenoxy) is 4. The Labute approximate surface area is 600 Å². The molecule has 0 amide bonds. The molecule has 0 aliphatic rings. The maximum absolute atomic E-state index is 13.1. The smallest absolute Gasteiger partial charge is 0.462 e. The predicted octanol–water partition coefficient (Wildman–Crippen LogP) is 23.2. The normalized spacial score (nSPS) is 14.6. The number of phosphoric ester groups is 2. The number of aliphatic hydroxyl groups is 1. The molecule has 19 heteroatoms. The molecule has 3 N–H and O–H groups in total. The predicted molar refractivity (Wildman–Crippen MR) is 400 cm³/mol. The summed E-state index contributed by atoms with van der Waals surface area (Å²) in [6.07, 6.45) is 54.2. The van der Waals surface area contributed by atoms with Crippen molar-refractivity contribution in [2.24, 2.45) is 23.7 Å². The molecule has 0 rings (SSSR count). The average molecular weight is 1440 g/mol. The molecular formula is C79H154O17P2. The summed E-state index contributed by atoms with van der Waals surface area (Å²) >= 11 is 0. The van der Waals surface area contributed by atoms with Crippen molar-refractivity contribution in [2.45, 2.75) is 420 Å². The molecule has 0 aliphatic carbocycles. The first-order chi connectivity index (χ1) is 47.2. The van der Waals surface area contributed by atoms with Crippen molar-refractivity contribution >= 4 is 39.5 Å². The molecule has 0 heterocycles. The van der Waals surface area contributed by atoms with Gasteiger partial charge in [-0.1, -0.05) is 351 Å². The number of carbonyl (C=O) groups is 4. The zero-order chi connectivity index (χ0) is 72.4. The molecule has 0 aromatic heterocycles. The first kappa shape index (κ1) is 96.1. The largest absolute Gasteiger partial charge is 0.472 e. The Morgan fingerprint density at radius 3 is 0.724 bits per heavy atom. The van der Waals surface area contributed by atoms with Crippen LogP contribution in [0.25, 0.3) is 0 Å². The molecule has 7 atom stereocenters. The quantitative estimate of drug-likeness (QED) is 0.0222. The molecule has 98 heavy (non-hydrogen) atoms. The van der Waals surface area contributed by atoms with Gasteiger partial charge in [-0.25, -0.2) is 9.13 Å². The van der Waals surface area contributed by atoms with Crippen LogP contribution in [0.2, 0.25) is 0 Å². The topological polar surface area (TPSA) is 237 Å². The van der Waals surface area contributed by atoms with E-state index in [1.807, 2.05) is 0 Å². The van der Waals surface area contributed by atoms with Crippen LogP contribution in [0.5, 0.6) is 0 Å². The van der Waals surface area contributed by atoms with Gasteiger partial charge in [0.1, 0.15) is 19.3 Å². The van der Waals surface area contributed by atoms with Crippen molar-refractivity contribution in [3.63, 3.8) is 0 Å². The van der Waals surface area contributed by atoms with E-state index >= 15 is 0 Å². The Morgan fingerprint density at radius 2 is 0.490 bits per heavy atom. The van der Waals surface area contributed by atoms with Gasteiger partial charge in [0.25, 0.3) is 0 Å². The zero-order valence-electron chi connectivity index (χ0n) is 64.4. The van der Waals surface area contributed by atoms with Crippen LogP contribution in [-0.4, -0.2) is 96.7 Å². The van der Waals surface area contributed by atoms with Crippen LogP contribution < -0.4 is 0 Å². The van der Waals surface area contributed by atoms with E-state index in [9.17, 15) is 43.2 Å². The molecule has 0 aromatic carbocycles. The number of rotatable bonds is 76. The third kappa shape index (κ3) is 69.8. The second kappa shape index (κ2) is 68.2. The van der Waals surface area contributed by atoms with Crippen molar-refractivity contribution in [2.75, 3.05) is 39.6 Å². The summed E-state index contributed by atoms with van der Waals surface area (Å²) in [5.41, 5.74) is 0. The fraction of sp³-hybridized carbons (Fsp3) is 0.949. The van der Waals surface area contributed by atoms with E-state index in [2.05, 4.69) is 55.4 Å². The van der Waals surface area contributed by atoms with Crippen molar-refractivity contribution in [3.05, 3.63) is 0 Å². The highest BCUT2D eigenvalue weighted by Crippen LogP contribution is 2.45. The highest BCUT2D eigenvalue weighted by atomic mass is 31.2. The second-order valence-electron chi connectivity index (χ2n) is 29.9. The molecule has 17 nitrogen and oxygen atoms in total. The monoisotopic (exact) mass is 1440 g/mol. The Bertz CT molecular complexity index is 1920. The van der Waals surface area contributed by atoms with Crippen molar-refractivity contribution in [1.82, 2.24) is 0 Å². The van der Waals surface area contributed by atoms with Crippen LogP contribution in [0, 0.1) is 23.7 Å². The number of unbranched alkanes of at least 4 members (excludes halogenated alkanes) is 40. The summed E-state index contributed by atoms with van der Waals surface area (Å²) in [6, 6.07) is 0. The summed E-state index contributed by atoms with van der Waals surface area (Å²) in [5.74, 6) is 0.998. The van der Waals surface area contributed by atoms with Gasteiger partial charge < -0.3 is 33.8 Å². The van der Waals surface area contributed by atoms with Gasteiger partial charge >= 0.3 is 39.5 Å². The lowest BCUT2D eigenvalue weighted by Crippen LogP contribution is -2.30. The number of hydrogen-bond donors (Lipinski definition) is 3. The minimum atomic E-state index is -4.96. The molecule has 582 valence electrons. The average Bonchev–Trinajstić information content (AvgIpc) is 1.05. The van der Waals surface area contributed by atoms with E-state index in [0.717, 1.165) is 114 Å². The molecule has 0 spiro atoms.